The zero-order valence-electron chi connectivity index (χ0n) is 14.5. The number of amides is 1. The van der Waals surface area contributed by atoms with Crippen LogP contribution in [0.5, 0.6) is 11.5 Å². The summed E-state index contributed by atoms with van der Waals surface area (Å²) < 4.78 is 7.53. The van der Waals surface area contributed by atoms with Gasteiger partial charge in [0, 0.05) is 18.8 Å². The molecule has 26 heavy (non-hydrogen) atoms. The number of nitriles is 1. The lowest BCUT2D eigenvalue weighted by molar-refractivity contribution is 0.0937. The van der Waals surface area contributed by atoms with Crippen molar-refractivity contribution < 1.29 is 9.53 Å². The third kappa shape index (κ3) is 3.73. The summed E-state index contributed by atoms with van der Waals surface area (Å²) in [6.45, 7) is 1.89. The van der Waals surface area contributed by atoms with Gasteiger partial charge in [-0.3, -0.25) is 9.48 Å². The number of rotatable bonds is 5. The molecule has 0 aliphatic heterocycles. The van der Waals surface area contributed by atoms with Crippen LogP contribution >= 0.6 is 0 Å². The van der Waals surface area contributed by atoms with Gasteiger partial charge in [0.25, 0.3) is 5.91 Å². The molecule has 0 radical (unpaired) electrons. The number of para-hydroxylation sites is 2. The maximum absolute atomic E-state index is 12.7. The topological polar surface area (TPSA) is 79.9 Å². The van der Waals surface area contributed by atoms with Crippen LogP contribution in [0, 0.1) is 11.3 Å². The largest absolute Gasteiger partial charge is 0.455 e. The van der Waals surface area contributed by atoms with E-state index in [0.717, 1.165) is 5.56 Å². The van der Waals surface area contributed by atoms with Gasteiger partial charge in [-0.15, -0.1) is 0 Å². The number of nitrogens with one attached hydrogen (secondary N) is 1. The summed E-state index contributed by atoms with van der Waals surface area (Å²) in [7, 11) is 1.83. The maximum Gasteiger partial charge on any atom is 0.255 e. The molecule has 1 aromatic heterocycles. The SMILES string of the molecule is C[C@@H](NC(=O)c1ccccc1Oc1ccccc1C#N)c1cnn(C)c1. The first-order valence-electron chi connectivity index (χ1n) is 8.14. The second kappa shape index (κ2) is 7.53. The number of nitrogens with zero attached hydrogens (tertiary/aromatic N) is 3. The van der Waals surface area contributed by atoms with Crippen molar-refractivity contribution in [3.05, 3.63) is 77.6 Å². The van der Waals surface area contributed by atoms with Crippen LogP contribution in [0.15, 0.2) is 60.9 Å². The van der Waals surface area contributed by atoms with Crippen molar-refractivity contribution in [3.8, 4) is 17.6 Å². The van der Waals surface area contributed by atoms with E-state index in [9.17, 15) is 10.1 Å². The van der Waals surface area contributed by atoms with E-state index in [4.69, 9.17) is 4.74 Å². The van der Waals surface area contributed by atoms with Crippen LogP contribution in [0.25, 0.3) is 0 Å². The van der Waals surface area contributed by atoms with Gasteiger partial charge < -0.3 is 10.1 Å². The van der Waals surface area contributed by atoms with Gasteiger partial charge in [0.2, 0.25) is 0 Å². The summed E-state index contributed by atoms with van der Waals surface area (Å²) in [6, 6.07) is 15.8. The molecule has 0 spiro atoms. The second-order valence-electron chi connectivity index (χ2n) is 5.85. The van der Waals surface area contributed by atoms with Crippen molar-refractivity contribution in [2.24, 2.45) is 7.05 Å². The van der Waals surface area contributed by atoms with E-state index in [2.05, 4.69) is 16.5 Å². The molecule has 0 aliphatic rings. The second-order valence-corrected chi connectivity index (χ2v) is 5.85. The number of carbonyl (C=O) groups excluding carboxylic acids is 1. The molecule has 2 aromatic carbocycles. The van der Waals surface area contributed by atoms with Gasteiger partial charge in [-0.05, 0) is 31.2 Å². The van der Waals surface area contributed by atoms with Crippen LogP contribution in [0.4, 0.5) is 0 Å². The lowest BCUT2D eigenvalue weighted by Crippen LogP contribution is -2.26. The molecule has 0 saturated heterocycles. The molecule has 130 valence electrons. The first-order chi connectivity index (χ1) is 12.6. The van der Waals surface area contributed by atoms with E-state index in [1.807, 2.05) is 20.2 Å². The Balaban J connectivity index is 1.82. The predicted molar refractivity (Wildman–Crippen MR) is 96.8 cm³/mol. The molecule has 1 N–H and O–H groups in total. The highest BCUT2D eigenvalue weighted by molar-refractivity contribution is 5.97. The van der Waals surface area contributed by atoms with Gasteiger partial charge in [0.1, 0.15) is 17.6 Å². The fraction of sp³-hybridized carbons (Fsp3) is 0.150. The summed E-state index contributed by atoms with van der Waals surface area (Å²) in [5, 5.41) is 16.3. The number of aromatic nitrogens is 2. The fourth-order valence-corrected chi connectivity index (χ4v) is 2.53. The number of hydrogen-bond acceptors (Lipinski definition) is 4. The molecule has 3 rings (SSSR count). The first kappa shape index (κ1) is 17.2. The molecule has 0 bridgehead atoms. The van der Waals surface area contributed by atoms with Crippen molar-refractivity contribution in [2.45, 2.75) is 13.0 Å². The molecule has 0 fully saturated rings. The number of aryl methyl sites for hydroxylation is 1. The van der Waals surface area contributed by atoms with Gasteiger partial charge in [0.15, 0.2) is 0 Å². The standard InChI is InChI=1S/C20H18N4O2/c1-14(16-12-22-24(2)13-16)23-20(25)17-8-4-6-10-19(17)26-18-9-5-3-7-15(18)11-21/h3-10,12-14H,1-2H3,(H,23,25)/t14-/m1/s1. The molecule has 6 nitrogen and oxygen atoms in total. The Morgan fingerprint density at radius 1 is 1.19 bits per heavy atom. The lowest BCUT2D eigenvalue weighted by Gasteiger charge is -2.15. The Kier molecular flexibility index (Phi) is 4.99. The van der Waals surface area contributed by atoms with E-state index >= 15 is 0 Å². The Labute approximate surface area is 151 Å². The third-order valence-electron chi connectivity index (χ3n) is 3.93. The van der Waals surface area contributed by atoms with Gasteiger partial charge in [-0.1, -0.05) is 24.3 Å². The lowest BCUT2D eigenvalue weighted by atomic mass is 10.1. The molecule has 1 atom stereocenters. The van der Waals surface area contributed by atoms with Crippen LogP contribution in [-0.4, -0.2) is 15.7 Å². The molecule has 0 unspecified atom stereocenters. The highest BCUT2D eigenvalue weighted by Crippen LogP contribution is 2.28. The minimum Gasteiger partial charge on any atom is -0.455 e. The molecule has 0 aliphatic carbocycles. The zero-order chi connectivity index (χ0) is 18.5. The van der Waals surface area contributed by atoms with Gasteiger partial charge >= 0.3 is 0 Å². The van der Waals surface area contributed by atoms with Gasteiger partial charge in [-0.25, -0.2) is 0 Å². The number of benzene rings is 2. The zero-order valence-corrected chi connectivity index (χ0v) is 14.5. The summed E-state index contributed by atoms with van der Waals surface area (Å²) >= 11 is 0. The van der Waals surface area contributed by atoms with E-state index in [0.29, 0.717) is 22.6 Å². The summed E-state index contributed by atoms with van der Waals surface area (Å²) in [5.41, 5.74) is 1.72. The van der Waals surface area contributed by atoms with E-state index in [-0.39, 0.29) is 11.9 Å². The summed E-state index contributed by atoms with van der Waals surface area (Å²) in [5.74, 6) is 0.549. The monoisotopic (exact) mass is 346 g/mol. The summed E-state index contributed by atoms with van der Waals surface area (Å²) in [6.07, 6.45) is 3.58. The van der Waals surface area contributed by atoms with E-state index < -0.39 is 0 Å². The molecule has 1 amide bonds. The minimum absolute atomic E-state index is 0.198. The first-order valence-corrected chi connectivity index (χ1v) is 8.14. The third-order valence-corrected chi connectivity index (χ3v) is 3.93. The molecule has 3 aromatic rings. The van der Waals surface area contributed by atoms with Gasteiger partial charge in [0.05, 0.1) is 23.4 Å². The average Bonchev–Trinajstić information content (AvgIpc) is 3.09. The van der Waals surface area contributed by atoms with Crippen molar-refractivity contribution in [1.82, 2.24) is 15.1 Å². The average molecular weight is 346 g/mol. The molecule has 0 saturated carbocycles. The predicted octanol–water partition coefficient (Wildman–Crippen LogP) is 3.58. The van der Waals surface area contributed by atoms with E-state index in [1.54, 1.807) is 59.4 Å². The summed E-state index contributed by atoms with van der Waals surface area (Å²) in [4.78, 5) is 12.7. The number of ether oxygens (including phenoxy) is 1. The van der Waals surface area contributed by atoms with Crippen LogP contribution in [0.2, 0.25) is 0 Å². The van der Waals surface area contributed by atoms with Crippen LogP contribution in [-0.2, 0) is 7.05 Å². The molecular formula is C20H18N4O2. The van der Waals surface area contributed by atoms with Crippen molar-refractivity contribution >= 4 is 5.91 Å². The Bertz CT molecular complexity index is 972. The van der Waals surface area contributed by atoms with Crippen molar-refractivity contribution in [2.75, 3.05) is 0 Å². The normalized spacial score (nSPS) is 11.4. The van der Waals surface area contributed by atoms with Gasteiger partial charge in [-0.2, -0.15) is 10.4 Å². The highest BCUT2D eigenvalue weighted by atomic mass is 16.5. The van der Waals surface area contributed by atoms with Crippen molar-refractivity contribution in [3.63, 3.8) is 0 Å². The number of hydrogen-bond donors (Lipinski definition) is 1. The highest BCUT2D eigenvalue weighted by Gasteiger charge is 2.17. The van der Waals surface area contributed by atoms with Crippen LogP contribution < -0.4 is 10.1 Å². The smallest absolute Gasteiger partial charge is 0.255 e. The van der Waals surface area contributed by atoms with Crippen LogP contribution in [0.3, 0.4) is 0 Å². The van der Waals surface area contributed by atoms with E-state index in [1.165, 1.54) is 0 Å². The minimum atomic E-state index is -0.258. The molecular weight excluding hydrogens is 328 g/mol. The van der Waals surface area contributed by atoms with Crippen molar-refractivity contribution in [1.29, 1.82) is 5.26 Å². The Morgan fingerprint density at radius 2 is 1.88 bits per heavy atom. The fourth-order valence-electron chi connectivity index (χ4n) is 2.53. The quantitative estimate of drug-likeness (QED) is 0.766. The molecule has 1 heterocycles. The maximum atomic E-state index is 12.7. The number of carbonyl (C=O) groups is 1. The Hall–Kier alpha value is -3.59. The Morgan fingerprint density at radius 3 is 2.58 bits per heavy atom. The molecule has 6 heteroatoms. The van der Waals surface area contributed by atoms with Crippen LogP contribution in [0.1, 0.15) is 34.5 Å².